The maximum absolute atomic E-state index is 13.8. The number of halogens is 3. The average Bonchev–Trinajstić information content (AvgIpc) is 3.10. The van der Waals surface area contributed by atoms with Crippen LogP contribution in [0.1, 0.15) is 5.56 Å². The van der Waals surface area contributed by atoms with Gasteiger partial charge in [0, 0.05) is 17.8 Å². The van der Waals surface area contributed by atoms with Gasteiger partial charge in [0.25, 0.3) is 0 Å². The van der Waals surface area contributed by atoms with Crippen LogP contribution in [0.5, 0.6) is 0 Å². The first-order valence-electron chi connectivity index (χ1n) is 7.80. The predicted molar refractivity (Wildman–Crippen MR) is 90.8 cm³/mol. The summed E-state index contributed by atoms with van der Waals surface area (Å²) in [6, 6.07) is 9.15. The lowest BCUT2D eigenvalue weighted by Crippen LogP contribution is -2.09. The van der Waals surface area contributed by atoms with Crippen LogP contribution in [0.3, 0.4) is 0 Å². The van der Waals surface area contributed by atoms with Crippen molar-refractivity contribution in [1.29, 1.82) is 0 Å². The highest BCUT2D eigenvalue weighted by molar-refractivity contribution is 5.76. The van der Waals surface area contributed by atoms with E-state index in [2.05, 4.69) is 35.5 Å². The second-order valence-corrected chi connectivity index (χ2v) is 5.52. The van der Waals surface area contributed by atoms with Crippen molar-refractivity contribution in [2.24, 2.45) is 0 Å². The fraction of sp³-hybridized carbons (Fsp3) is 0.0588. The number of aromatic nitrogens is 4. The van der Waals surface area contributed by atoms with E-state index < -0.39 is 17.5 Å². The van der Waals surface area contributed by atoms with E-state index in [-0.39, 0.29) is 35.0 Å². The molecule has 0 fully saturated rings. The number of rotatable bonds is 5. The molecule has 2 N–H and O–H groups in total. The lowest BCUT2D eigenvalue weighted by atomic mass is 10.2. The van der Waals surface area contributed by atoms with Crippen LogP contribution in [0, 0.1) is 17.5 Å². The van der Waals surface area contributed by atoms with E-state index in [9.17, 15) is 13.2 Å². The van der Waals surface area contributed by atoms with Crippen molar-refractivity contribution in [1.82, 2.24) is 20.3 Å². The molecule has 7 nitrogen and oxygen atoms in total. The van der Waals surface area contributed by atoms with E-state index in [1.165, 1.54) is 30.3 Å². The molecule has 2 aromatic carbocycles. The molecule has 0 amide bonds. The Morgan fingerprint density at radius 2 is 1.44 bits per heavy atom. The summed E-state index contributed by atoms with van der Waals surface area (Å²) in [5, 5.41) is 13.0. The molecule has 10 heteroatoms. The quantitative estimate of drug-likeness (QED) is 0.551. The first-order chi connectivity index (χ1) is 13.1. The van der Waals surface area contributed by atoms with Crippen molar-refractivity contribution in [3.63, 3.8) is 0 Å². The van der Waals surface area contributed by atoms with Crippen LogP contribution in [0.15, 0.2) is 47.1 Å². The minimum Gasteiger partial charge on any atom is -0.363 e. The van der Waals surface area contributed by atoms with E-state index >= 15 is 0 Å². The summed E-state index contributed by atoms with van der Waals surface area (Å²) < 4.78 is 45.4. The number of fused-ring (bicyclic) bond motifs is 1. The van der Waals surface area contributed by atoms with Crippen LogP contribution in [-0.4, -0.2) is 20.3 Å². The van der Waals surface area contributed by atoms with Gasteiger partial charge >= 0.3 is 0 Å². The molecule has 4 aromatic rings. The molecule has 2 heterocycles. The highest BCUT2D eigenvalue weighted by atomic mass is 19.1. The molecule has 0 radical (unpaired) electrons. The zero-order chi connectivity index (χ0) is 18.8. The van der Waals surface area contributed by atoms with Crippen LogP contribution in [0.4, 0.5) is 30.5 Å². The number of hydrogen-bond acceptors (Lipinski definition) is 7. The van der Waals surface area contributed by atoms with Crippen LogP contribution in [0.2, 0.25) is 0 Å². The van der Waals surface area contributed by atoms with Gasteiger partial charge in [-0.3, -0.25) is 0 Å². The van der Waals surface area contributed by atoms with Gasteiger partial charge in [0.2, 0.25) is 11.3 Å². The van der Waals surface area contributed by atoms with Crippen molar-refractivity contribution in [2.75, 3.05) is 10.6 Å². The van der Waals surface area contributed by atoms with E-state index in [0.29, 0.717) is 5.69 Å². The number of benzene rings is 2. The van der Waals surface area contributed by atoms with Gasteiger partial charge in [-0.15, -0.1) is 0 Å². The molecule has 0 saturated heterocycles. The van der Waals surface area contributed by atoms with Crippen LogP contribution in [0.25, 0.3) is 11.3 Å². The van der Waals surface area contributed by atoms with Crippen molar-refractivity contribution < 1.29 is 17.8 Å². The Kier molecular flexibility index (Phi) is 4.29. The number of hydrogen-bond donors (Lipinski definition) is 2. The molecular formula is C17H11F3N6O. The van der Waals surface area contributed by atoms with Crippen molar-refractivity contribution >= 4 is 28.6 Å². The van der Waals surface area contributed by atoms with E-state index in [4.69, 9.17) is 0 Å². The first kappa shape index (κ1) is 16.8. The van der Waals surface area contributed by atoms with Gasteiger partial charge in [-0.2, -0.15) is 0 Å². The van der Waals surface area contributed by atoms with Crippen molar-refractivity contribution in [3.05, 3.63) is 65.5 Å². The summed E-state index contributed by atoms with van der Waals surface area (Å²) in [5.41, 5.74) is 0.644. The molecule has 0 saturated carbocycles. The van der Waals surface area contributed by atoms with Crippen LogP contribution in [-0.2, 0) is 6.54 Å². The molecule has 0 spiro atoms. The molecule has 0 atom stereocenters. The molecule has 0 unspecified atom stereocenters. The summed E-state index contributed by atoms with van der Waals surface area (Å²) >= 11 is 0. The maximum Gasteiger partial charge on any atom is 0.245 e. The number of nitrogens with zero attached hydrogens (tertiary/aromatic N) is 4. The molecule has 0 bridgehead atoms. The standard InChI is InChI=1S/C17H11F3N6O/c18-9-4-6-10(7-5-9)22-15-14(23-16-17(24-15)26-27-25-16)21-8-11-12(19)2-1-3-13(11)20/h1-7H,8H2,(H,21,23,25)(H,22,24,26). The zero-order valence-corrected chi connectivity index (χ0v) is 13.6. The molecular weight excluding hydrogens is 361 g/mol. The average molecular weight is 372 g/mol. The SMILES string of the molecule is Fc1ccc(Nc2nc3nonc3nc2NCc2c(F)cccc2F)cc1. The van der Waals surface area contributed by atoms with Crippen LogP contribution >= 0.6 is 0 Å². The summed E-state index contributed by atoms with van der Waals surface area (Å²) in [7, 11) is 0. The topological polar surface area (TPSA) is 88.8 Å². The van der Waals surface area contributed by atoms with Gasteiger partial charge < -0.3 is 10.6 Å². The molecule has 4 rings (SSSR count). The van der Waals surface area contributed by atoms with E-state index in [1.54, 1.807) is 0 Å². The van der Waals surface area contributed by atoms with Crippen LogP contribution < -0.4 is 10.6 Å². The lowest BCUT2D eigenvalue weighted by molar-refractivity contribution is 0.314. The number of anilines is 3. The Hall–Kier alpha value is -3.69. The molecule has 136 valence electrons. The summed E-state index contributed by atoms with van der Waals surface area (Å²) in [6.45, 7) is -0.179. The molecule has 27 heavy (non-hydrogen) atoms. The second-order valence-electron chi connectivity index (χ2n) is 5.52. The summed E-state index contributed by atoms with van der Waals surface area (Å²) in [4.78, 5) is 8.43. The minimum absolute atomic E-state index is 0.121. The third-order valence-electron chi connectivity index (χ3n) is 3.72. The molecule has 2 aromatic heterocycles. The van der Waals surface area contributed by atoms with E-state index in [1.807, 2.05) is 0 Å². The van der Waals surface area contributed by atoms with Crippen molar-refractivity contribution in [2.45, 2.75) is 6.54 Å². The third kappa shape index (κ3) is 3.50. The summed E-state index contributed by atoms with van der Waals surface area (Å²) in [5.74, 6) is -1.39. The minimum atomic E-state index is -0.687. The Balaban J connectivity index is 1.66. The van der Waals surface area contributed by atoms with Gasteiger partial charge in [0.05, 0.1) is 0 Å². The highest BCUT2D eigenvalue weighted by Gasteiger charge is 2.15. The monoisotopic (exact) mass is 372 g/mol. The molecule has 0 aliphatic heterocycles. The smallest absolute Gasteiger partial charge is 0.245 e. The molecule has 0 aliphatic carbocycles. The Morgan fingerprint density at radius 3 is 2.11 bits per heavy atom. The predicted octanol–water partition coefficient (Wildman–Crippen LogP) is 3.79. The van der Waals surface area contributed by atoms with Crippen molar-refractivity contribution in [3.8, 4) is 0 Å². The van der Waals surface area contributed by atoms with E-state index in [0.717, 1.165) is 12.1 Å². The zero-order valence-electron chi connectivity index (χ0n) is 13.6. The first-order valence-corrected chi connectivity index (χ1v) is 7.80. The molecule has 0 aliphatic rings. The maximum atomic E-state index is 13.8. The summed E-state index contributed by atoms with van der Waals surface area (Å²) in [6.07, 6.45) is 0. The van der Waals surface area contributed by atoms with Gasteiger partial charge in [0.1, 0.15) is 17.5 Å². The highest BCUT2D eigenvalue weighted by Crippen LogP contribution is 2.25. The Morgan fingerprint density at radius 1 is 0.815 bits per heavy atom. The fourth-order valence-electron chi connectivity index (χ4n) is 2.39. The number of nitrogens with one attached hydrogen (secondary N) is 2. The van der Waals surface area contributed by atoms with Gasteiger partial charge in [0.15, 0.2) is 11.6 Å². The Labute approximate surface area is 150 Å². The van der Waals surface area contributed by atoms with Gasteiger partial charge in [-0.25, -0.2) is 27.8 Å². The second kappa shape index (κ2) is 6.90. The third-order valence-corrected chi connectivity index (χ3v) is 3.72. The largest absolute Gasteiger partial charge is 0.363 e. The fourth-order valence-corrected chi connectivity index (χ4v) is 2.39. The normalized spacial score (nSPS) is 10.9. The lowest BCUT2D eigenvalue weighted by Gasteiger charge is -2.12. The Bertz CT molecular complexity index is 1080. The van der Waals surface area contributed by atoms with Gasteiger partial charge in [-0.1, -0.05) is 6.07 Å². The van der Waals surface area contributed by atoms with Gasteiger partial charge in [-0.05, 0) is 46.7 Å².